The molecule has 1 aromatic carbocycles. The van der Waals surface area contributed by atoms with Crippen LogP contribution in [0.3, 0.4) is 0 Å². The Morgan fingerprint density at radius 2 is 2.19 bits per heavy atom. The van der Waals surface area contributed by atoms with E-state index in [1.807, 2.05) is 6.92 Å². The summed E-state index contributed by atoms with van der Waals surface area (Å²) in [5.74, 6) is 0.750. The van der Waals surface area contributed by atoms with Crippen molar-refractivity contribution in [3.8, 4) is 0 Å². The molecule has 0 saturated heterocycles. The zero-order valence-corrected chi connectivity index (χ0v) is 8.67. The molecular weight excluding hydrogens is 208 g/mol. The molecule has 1 heterocycles. The Kier molecular flexibility index (Phi) is 2.40. The maximum absolute atomic E-state index is 10.8. The lowest BCUT2D eigenvalue weighted by atomic mass is 10.2. The molecule has 2 N–H and O–H groups in total. The van der Waals surface area contributed by atoms with Crippen LogP contribution in [0.5, 0.6) is 0 Å². The van der Waals surface area contributed by atoms with Crippen LogP contribution >= 0.6 is 0 Å². The number of non-ortho nitro benzene ring substituents is 1. The molecule has 0 aliphatic carbocycles. The van der Waals surface area contributed by atoms with E-state index in [4.69, 9.17) is 5.73 Å². The van der Waals surface area contributed by atoms with Crippen LogP contribution in [0.25, 0.3) is 10.9 Å². The van der Waals surface area contributed by atoms with E-state index >= 15 is 0 Å². The van der Waals surface area contributed by atoms with Gasteiger partial charge in [-0.05, 0) is 6.07 Å². The second kappa shape index (κ2) is 3.73. The van der Waals surface area contributed by atoms with Crippen molar-refractivity contribution in [1.29, 1.82) is 0 Å². The Hall–Kier alpha value is -2.24. The van der Waals surface area contributed by atoms with Crippen molar-refractivity contribution in [2.24, 2.45) is 0 Å². The summed E-state index contributed by atoms with van der Waals surface area (Å²) < 4.78 is 0. The third kappa shape index (κ3) is 1.54. The molecule has 0 amide bonds. The molecule has 0 aliphatic heterocycles. The standard InChI is InChI=1S/C10H10N4O2/c1-2-8-12-6-4-3-5-7(14(15)16)9(6)10(11)13-8/h3-5H,2H2,1H3,(H2,11,12,13). The lowest BCUT2D eigenvalue weighted by molar-refractivity contribution is -0.383. The average Bonchev–Trinajstić information content (AvgIpc) is 2.27. The molecule has 0 bridgehead atoms. The number of nitrogen functional groups attached to an aromatic ring is 1. The number of nitrogens with zero attached hydrogens (tertiary/aromatic N) is 3. The second-order valence-electron chi connectivity index (χ2n) is 3.31. The minimum Gasteiger partial charge on any atom is -0.383 e. The lowest BCUT2D eigenvalue weighted by Gasteiger charge is -2.03. The first-order chi connectivity index (χ1) is 7.63. The molecule has 6 nitrogen and oxygen atoms in total. The Balaban J connectivity index is 2.83. The monoisotopic (exact) mass is 218 g/mol. The van der Waals surface area contributed by atoms with E-state index in [-0.39, 0.29) is 11.5 Å². The summed E-state index contributed by atoms with van der Waals surface area (Å²) in [5.41, 5.74) is 6.17. The molecule has 0 atom stereocenters. The minimum absolute atomic E-state index is 0.0577. The summed E-state index contributed by atoms with van der Waals surface area (Å²) in [4.78, 5) is 18.6. The highest BCUT2D eigenvalue weighted by molar-refractivity contribution is 5.95. The Morgan fingerprint density at radius 1 is 1.44 bits per heavy atom. The van der Waals surface area contributed by atoms with Gasteiger partial charge in [0.05, 0.1) is 10.4 Å². The van der Waals surface area contributed by atoms with Crippen LogP contribution in [0, 0.1) is 10.1 Å². The Morgan fingerprint density at radius 3 is 2.81 bits per heavy atom. The van der Waals surface area contributed by atoms with E-state index in [9.17, 15) is 10.1 Å². The van der Waals surface area contributed by atoms with Crippen LogP contribution in [0.4, 0.5) is 11.5 Å². The molecular formula is C10H10N4O2. The number of nitrogens with two attached hydrogens (primary N) is 1. The van der Waals surface area contributed by atoms with E-state index in [0.717, 1.165) is 0 Å². The van der Waals surface area contributed by atoms with E-state index in [2.05, 4.69) is 9.97 Å². The lowest BCUT2D eigenvalue weighted by Crippen LogP contribution is -2.02. The number of aromatic nitrogens is 2. The zero-order valence-electron chi connectivity index (χ0n) is 8.67. The number of aryl methyl sites for hydroxylation is 1. The van der Waals surface area contributed by atoms with Crippen molar-refractivity contribution < 1.29 is 4.92 Å². The van der Waals surface area contributed by atoms with Gasteiger partial charge in [-0.25, -0.2) is 9.97 Å². The molecule has 1 aromatic heterocycles. The second-order valence-corrected chi connectivity index (χ2v) is 3.31. The summed E-state index contributed by atoms with van der Waals surface area (Å²) in [5, 5.41) is 11.1. The van der Waals surface area contributed by atoms with Gasteiger partial charge in [-0.1, -0.05) is 13.0 Å². The summed E-state index contributed by atoms with van der Waals surface area (Å²) >= 11 is 0. The first-order valence-electron chi connectivity index (χ1n) is 4.83. The average molecular weight is 218 g/mol. The van der Waals surface area contributed by atoms with Gasteiger partial charge in [-0.3, -0.25) is 10.1 Å². The van der Waals surface area contributed by atoms with Crippen LogP contribution in [-0.4, -0.2) is 14.9 Å². The Bertz CT molecular complexity index is 568. The summed E-state index contributed by atoms with van der Waals surface area (Å²) in [6.07, 6.45) is 0.642. The van der Waals surface area contributed by atoms with Crippen molar-refractivity contribution >= 4 is 22.4 Å². The van der Waals surface area contributed by atoms with E-state index in [1.54, 1.807) is 12.1 Å². The molecule has 82 valence electrons. The van der Waals surface area contributed by atoms with Crippen LogP contribution < -0.4 is 5.73 Å². The minimum atomic E-state index is -0.478. The normalized spacial score (nSPS) is 10.6. The number of hydrogen-bond donors (Lipinski definition) is 1. The van der Waals surface area contributed by atoms with Crippen molar-refractivity contribution in [3.63, 3.8) is 0 Å². The highest BCUT2D eigenvalue weighted by Crippen LogP contribution is 2.28. The number of nitro benzene ring substituents is 1. The van der Waals surface area contributed by atoms with Crippen molar-refractivity contribution in [2.45, 2.75) is 13.3 Å². The van der Waals surface area contributed by atoms with E-state index < -0.39 is 4.92 Å². The molecule has 0 spiro atoms. The predicted octanol–water partition coefficient (Wildman–Crippen LogP) is 1.68. The smallest absolute Gasteiger partial charge is 0.282 e. The van der Waals surface area contributed by atoms with Gasteiger partial charge in [0.25, 0.3) is 5.69 Å². The van der Waals surface area contributed by atoms with Crippen molar-refractivity contribution in [2.75, 3.05) is 5.73 Å². The van der Waals surface area contributed by atoms with Gasteiger partial charge in [0.1, 0.15) is 17.0 Å². The van der Waals surface area contributed by atoms with Crippen molar-refractivity contribution in [3.05, 3.63) is 34.1 Å². The first kappa shape index (κ1) is 10.3. The third-order valence-corrected chi connectivity index (χ3v) is 2.29. The van der Waals surface area contributed by atoms with Gasteiger partial charge in [0, 0.05) is 12.5 Å². The predicted molar refractivity (Wildman–Crippen MR) is 60.0 cm³/mol. The number of nitro groups is 1. The van der Waals surface area contributed by atoms with Crippen LogP contribution in [0.2, 0.25) is 0 Å². The van der Waals surface area contributed by atoms with Gasteiger partial charge in [-0.15, -0.1) is 0 Å². The highest BCUT2D eigenvalue weighted by atomic mass is 16.6. The molecule has 6 heteroatoms. The summed E-state index contributed by atoms with van der Waals surface area (Å²) in [6.45, 7) is 1.90. The third-order valence-electron chi connectivity index (χ3n) is 2.29. The SMILES string of the molecule is CCc1nc(N)c2c([N+](=O)[O-])cccc2n1. The van der Waals surface area contributed by atoms with Gasteiger partial charge < -0.3 is 5.73 Å². The topological polar surface area (TPSA) is 94.9 Å². The quantitative estimate of drug-likeness (QED) is 0.611. The first-order valence-corrected chi connectivity index (χ1v) is 4.83. The van der Waals surface area contributed by atoms with Crippen LogP contribution in [-0.2, 0) is 6.42 Å². The summed E-state index contributed by atoms with van der Waals surface area (Å²) in [7, 11) is 0. The largest absolute Gasteiger partial charge is 0.383 e. The highest BCUT2D eigenvalue weighted by Gasteiger charge is 2.16. The molecule has 0 saturated carbocycles. The number of anilines is 1. The van der Waals surface area contributed by atoms with Gasteiger partial charge >= 0.3 is 0 Å². The van der Waals surface area contributed by atoms with Gasteiger partial charge in [0.2, 0.25) is 0 Å². The maximum atomic E-state index is 10.8. The van der Waals surface area contributed by atoms with Crippen molar-refractivity contribution in [1.82, 2.24) is 9.97 Å². The fourth-order valence-corrected chi connectivity index (χ4v) is 1.55. The molecule has 16 heavy (non-hydrogen) atoms. The summed E-state index contributed by atoms with van der Waals surface area (Å²) in [6, 6.07) is 4.68. The molecule has 2 rings (SSSR count). The number of fused-ring (bicyclic) bond motifs is 1. The number of hydrogen-bond acceptors (Lipinski definition) is 5. The van der Waals surface area contributed by atoms with Crippen LogP contribution in [0.1, 0.15) is 12.7 Å². The number of benzene rings is 1. The van der Waals surface area contributed by atoms with E-state index in [1.165, 1.54) is 6.07 Å². The molecule has 0 radical (unpaired) electrons. The molecule has 2 aromatic rings. The fourth-order valence-electron chi connectivity index (χ4n) is 1.55. The van der Waals surface area contributed by atoms with Gasteiger partial charge in [0.15, 0.2) is 0 Å². The van der Waals surface area contributed by atoms with E-state index in [0.29, 0.717) is 23.1 Å². The van der Waals surface area contributed by atoms with Crippen LogP contribution in [0.15, 0.2) is 18.2 Å². The molecule has 0 unspecified atom stereocenters. The number of rotatable bonds is 2. The fraction of sp³-hybridized carbons (Fsp3) is 0.200. The Labute approximate surface area is 91.3 Å². The molecule has 0 fully saturated rings. The zero-order chi connectivity index (χ0) is 11.7. The van der Waals surface area contributed by atoms with Gasteiger partial charge in [-0.2, -0.15) is 0 Å². The molecule has 0 aliphatic rings. The maximum Gasteiger partial charge on any atom is 0.282 e.